The fraction of sp³-hybridized carbons (Fsp3) is 0.562. The van der Waals surface area contributed by atoms with E-state index in [1.165, 1.54) is 18.4 Å². The molecule has 0 heterocycles. The summed E-state index contributed by atoms with van der Waals surface area (Å²) in [5.41, 5.74) is 3.24. The van der Waals surface area contributed by atoms with Gasteiger partial charge >= 0.3 is 6.03 Å². The fourth-order valence-corrected chi connectivity index (χ4v) is 2.63. The van der Waals surface area contributed by atoms with Crippen molar-refractivity contribution >= 4 is 11.7 Å². The van der Waals surface area contributed by atoms with Gasteiger partial charge < -0.3 is 10.6 Å². The van der Waals surface area contributed by atoms with Gasteiger partial charge in [0.05, 0.1) is 0 Å². The van der Waals surface area contributed by atoms with Crippen LogP contribution in [0.2, 0.25) is 0 Å². The van der Waals surface area contributed by atoms with Gasteiger partial charge in [0.15, 0.2) is 0 Å². The molecule has 1 aliphatic carbocycles. The molecule has 3 nitrogen and oxygen atoms in total. The van der Waals surface area contributed by atoms with Gasteiger partial charge in [0, 0.05) is 11.7 Å². The third kappa shape index (κ3) is 3.72. The van der Waals surface area contributed by atoms with Gasteiger partial charge in [0.1, 0.15) is 0 Å². The lowest BCUT2D eigenvalue weighted by molar-refractivity contribution is 0.239. The molecule has 2 N–H and O–H groups in total. The lowest BCUT2D eigenvalue weighted by Gasteiger charge is -2.27. The van der Waals surface area contributed by atoms with Crippen LogP contribution in [-0.2, 0) is 0 Å². The highest BCUT2D eigenvalue weighted by molar-refractivity contribution is 5.90. The summed E-state index contributed by atoms with van der Waals surface area (Å²) in [7, 11) is 0. The first-order valence-corrected chi connectivity index (χ1v) is 7.20. The number of carbonyl (C=O) groups is 1. The minimum atomic E-state index is -0.0757. The number of anilines is 1. The predicted octanol–water partition coefficient (Wildman–Crippen LogP) is 4.00. The number of nitrogens with one attached hydrogen (secondary N) is 2. The van der Waals surface area contributed by atoms with E-state index in [0.717, 1.165) is 30.0 Å². The van der Waals surface area contributed by atoms with E-state index < -0.39 is 0 Å². The molecule has 3 heteroatoms. The molecular formula is C16H24N2O. The summed E-state index contributed by atoms with van der Waals surface area (Å²) >= 11 is 0. The SMILES string of the molecule is Cc1cccc(NC(=O)NC2CCC(C)CC2)c1C. The number of carbonyl (C=O) groups excluding carboxylic acids is 1. The van der Waals surface area contributed by atoms with Crippen molar-refractivity contribution < 1.29 is 4.79 Å². The molecule has 0 radical (unpaired) electrons. The molecule has 0 unspecified atom stereocenters. The van der Waals surface area contributed by atoms with E-state index in [1.807, 2.05) is 19.1 Å². The Kier molecular flexibility index (Phi) is 4.46. The highest BCUT2D eigenvalue weighted by Crippen LogP contribution is 2.23. The molecule has 0 aliphatic heterocycles. The van der Waals surface area contributed by atoms with E-state index in [-0.39, 0.29) is 6.03 Å². The van der Waals surface area contributed by atoms with Crippen molar-refractivity contribution in [2.24, 2.45) is 5.92 Å². The summed E-state index contributed by atoms with van der Waals surface area (Å²) in [5, 5.41) is 6.04. The standard InChI is InChI=1S/C16H24N2O/c1-11-7-9-14(10-8-11)17-16(19)18-15-6-4-5-12(2)13(15)3/h4-6,11,14H,7-10H2,1-3H3,(H2,17,18,19). The molecule has 1 aliphatic rings. The largest absolute Gasteiger partial charge is 0.335 e. The minimum absolute atomic E-state index is 0.0757. The Hall–Kier alpha value is -1.51. The monoisotopic (exact) mass is 260 g/mol. The Labute approximate surface area is 115 Å². The van der Waals surface area contributed by atoms with Gasteiger partial charge in [-0.3, -0.25) is 0 Å². The smallest absolute Gasteiger partial charge is 0.319 e. The van der Waals surface area contributed by atoms with Crippen LogP contribution in [0.1, 0.15) is 43.7 Å². The third-order valence-corrected chi connectivity index (χ3v) is 4.20. The number of aryl methyl sites for hydroxylation is 1. The molecule has 0 spiro atoms. The van der Waals surface area contributed by atoms with Gasteiger partial charge in [-0.15, -0.1) is 0 Å². The molecule has 1 saturated carbocycles. The Bertz CT molecular complexity index is 448. The van der Waals surface area contributed by atoms with Crippen molar-refractivity contribution in [1.82, 2.24) is 5.32 Å². The Morgan fingerprint density at radius 3 is 2.53 bits per heavy atom. The highest BCUT2D eigenvalue weighted by atomic mass is 16.2. The molecule has 104 valence electrons. The van der Waals surface area contributed by atoms with Crippen molar-refractivity contribution in [1.29, 1.82) is 0 Å². The first-order chi connectivity index (χ1) is 9.06. The van der Waals surface area contributed by atoms with Crippen LogP contribution in [0.3, 0.4) is 0 Å². The van der Waals surface area contributed by atoms with E-state index >= 15 is 0 Å². The summed E-state index contributed by atoms with van der Waals surface area (Å²) in [4.78, 5) is 12.0. The van der Waals surface area contributed by atoms with Crippen LogP contribution in [0, 0.1) is 19.8 Å². The summed E-state index contributed by atoms with van der Waals surface area (Å²) < 4.78 is 0. The quantitative estimate of drug-likeness (QED) is 0.829. The number of urea groups is 1. The van der Waals surface area contributed by atoms with Gasteiger partial charge in [-0.2, -0.15) is 0 Å². The predicted molar refractivity (Wildman–Crippen MR) is 79.5 cm³/mol. The second-order valence-corrected chi connectivity index (χ2v) is 5.80. The zero-order chi connectivity index (χ0) is 13.8. The number of hydrogen-bond donors (Lipinski definition) is 2. The van der Waals surface area contributed by atoms with Gasteiger partial charge in [-0.05, 0) is 62.6 Å². The normalized spacial score (nSPS) is 22.9. The molecule has 2 amide bonds. The number of benzene rings is 1. The number of rotatable bonds is 2. The summed E-state index contributed by atoms with van der Waals surface area (Å²) in [6.45, 7) is 6.38. The maximum Gasteiger partial charge on any atom is 0.319 e. The van der Waals surface area contributed by atoms with Crippen molar-refractivity contribution in [3.63, 3.8) is 0 Å². The molecule has 1 fully saturated rings. The average Bonchev–Trinajstić information content (AvgIpc) is 2.38. The Morgan fingerprint density at radius 2 is 1.84 bits per heavy atom. The van der Waals surface area contributed by atoms with Gasteiger partial charge in [0.25, 0.3) is 0 Å². The summed E-state index contributed by atoms with van der Waals surface area (Å²) in [6.07, 6.45) is 4.63. The molecule has 19 heavy (non-hydrogen) atoms. The van der Waals surface area contributed by atoms with Crippen LogP contribution >= 0.6 is 0 Å². The van der Waals surface area contributed by atoms with Crippen LogP contribution in [0.5, 0.6) is 0 Å². The van der Waals surface area contributed by atoms with Crippen LogP contribution in [-0.4, -0.2) is 12.1 Å². The first-order valence-electron chi connectivity index (χ1n) is 7.20. The molecule has 1 aromatic carbocycles. The Morgan fingerprint density at radius 1 is 1.16 bits per heavy atom. The fourth-order valence-electron chi connectivity index (χ4n) is 2.63. The number of hydrogen-bond acceptors (Lipinski definition) is 1. The van der Waals surface area contributed by atoms with E-state index in [4.69, 9.17) is 0 Å². The van der Waals surface area contributed by atoms with Gasteiger partial charge in [-0.25, -0.2) is 4.79 Å². The molecule has 0 saturated heterocycles. The lowest BCUT2D eigenvalue weighted by atomic mass is 9.87. The molecule has 0 bridgehead atoms. The molecular weight excluding hydrogens is 236 g/mol. The first kappa shape index (κ1) is 13.9. The second-order valence-electron chi connectivity index (χ2n) is 5.80. The third-order valence-electron chi connectivity index (χ3n) is 4.20. The van der Waals surface area contributed by atoms with E-state index in [9.17, 15) is 4.79 Å². The average molecular weight is 260 g/mol. The lowest BCUT2D eigenvalue weighted by Crippen LogP contribution is -2.40. The maximum atomic E-state index is 12.0. The van der Waals surface area contributed by atoms with Crippen molar-refractivity contribution in [3.05, 3.63) is 29.3 Å². The van der Waals surface area contributed by atoms with Crippen molar-refractivity contribution in [2.45, 2.75) is 52.5 Å². The van der Waals surface area contributed by atoms with Crippen LogP contribution in [0.15, 0.2) is 18.2 Å². The zero-order valence-electron chi connectivity index (χ0n) is 12.1. The summed E-state index contributed by atoms with van der Waals surface area (Å²) in [6, 6.07) is 6.24. The van der Waals surface area contributed by atoms with Crippen molar-refractivity contribution in [2.75, 3.05) is 5.32 Å². The minimum Gasteiger partial charge on any atom is -0.335 e. The van der Waals surface area contributed by atoms with Crippen molar-refractivity contribution in [3.8, 4) is 0 Å². The zero-order valence-corrected chi connectivity index (χ0v) is 12.1. The van der Waals surface area contributed by atoms with E-state index in [0.29, 0.717) is 6.04 Å². The molecule has 0 aromatic heterocycles. The summed E-state index contributed by atoms with van der Waals surface area (Å²) in [5.74, 6) is 0.806. The van der Waals surface area contributed by atoms with Crippen LogP contribution in [0.25, 0.3) is 0 Å². The van der Waals surface area contributed by atoms with E-state index in [2.05, 4.69) is 30.5 Å². The second kappa shape index (κ2) is 6.09. The van der Waals surface area contributed by atoms with Crippen LogP contribution < -0.4 is 10.6 Å². The maximum absolute atomic E-state index is 12.0. The Balaban J connectivity index is 1.89. The molecule has 2 rings (SSSR count). The van der Waals surface area contributed by atoms with Gasteiger partial charge in [0.2, 0.25) is 0 Å². The molecule has 1 aromatic rings. The van der Waals surface area contributed by atoms with Crippen LogP contribution in [0.4, 0.5) is 10.5 Å². The number of amides is 2. The highest BCUT2D eigenvalue weighted by Gasteiger charge is 2.19. The molecule has 0 atom stereocenters. The van der Waals surface area contributed by atoms with Gasteiger partial charge in [-0.1, -0.05) is 19.1 Å². The van der Waals surface area contributed by atoms with E-state index in [1.54, 1.807) is 0 Å². The topological polar surface area (TPSA) is 41.1 Å².